The van der Waals surface area contributed by atoms with Gasteiger partial charge in [0.25, 0.3) is 0 Å². The van der Waals surface area contributed by atoms with Crippen molar-refractivity contribution in [2.75, 3.05) is 32.6 Å². The van der Waals surface area contributed by atoms with Crippen molar-refractivity contribution < 1.29 is 23.4 Å². The van der Waals surface area contributed by atoms with Crippen molar-refractivity contribution in [3.63, 3.8) is 0 Å². The predicted octanol–water partition coefficient (Wildman–Crippen LogP) is 4.82. The lowest BCUT2D eigenvalue weighted by atomic mass is 10.1. The van der Waals surface area contributed by atoms with Gasteiger partial charge in [-0.3, -0.25) is 4.79 Å². The molecule has 9 nitrogen and oxygen atoms in total. The van der Waals surface area contributed by atoms with Crippen LogP contribution in [0.4, 0.5) is 11.5 Å². The van der Waals surface area contributed by atoms with Gasteiger partial charge in [-0.15, -0.1) is 0 Å². The van der Waals surface area contributed by atoms with E-state index < -0.39 is 0 Å². The molecule has 1 fully saturated rings. The number of benzene rings is 2. The van der Waals surface area contributed by atoms with Crippen LogP contribution in [0.25, 0.3) is 22.2 Å². The fourth-order valence-corrected chi connectivity index (χ4v) is 4.28. The average molecular weight is 487 g/mol. The van der Waals surface area contributed by atoms with Gasteiger partial charge in [-0.1, -0.05) is 6.58 Å². The van der Waals surface area contributed by atoms with E-state index in [9.17, 15) is 4.79 Å². The normalized spacial score (nSPS) is 15.1. The average Bonchev–Trinajstić information content (AvgIpc) is 3.61. The maximum Gasteiger partial charge on any atom is 0.246 e. The molecular weight excluding hydrogens is 460 g/mol. The molecular formula is C27H26N4O5. The summed E-state index contributed by atoms with van der Waals surface area (Å²) in [6.07, 6.45) is 5.00. The molecule has 5 rings (SSSR count). The minimum absolute atomic E-state index is 0.0998. The topological polar surface area (TPSA) is 99.0 Å². The summed E-state index contributed by atoms with van der Waals surface area (Å²) in [5.74, 6) is 2.98. The standard InChI is InChI=1S/C27H26N4O5/c1-4-26(32)31-10-9-18(15-31)36-25-13-19-20(14-24(25)34-3)28-16-29-27(19)30-21-12-17(7-8-23(21)33-2)22-6-5-11-35-22/h4-8,11-14,16,18H,1,9-10,15H2,2-3H3,(H,28,29,30). The van der Waals surface area contributed by atoms with E-state index in [-0.39, 0.29) is 12.0 Å². The van der Waals surface area contributed by atoms with Crippen LogP contribution in [0, 0.1) is 0 Å². The number of likely N-dealkylation sites (tertiary alicyclic amines) is 1. The lowest BCUT2D eigenvalue weighted by Crippen LogP contribution is -2.29. The Morgan fingerprint density at radius 1 is 1.14 bits per heavy atom. The smallest absolute Gasteiger partial charge is 0.246 e. The molecule has 0 spiro atoms. The summed E-state index contributed by atoms with van der Waals surface area (Å²) in [6, 6.07) is 13.2. The highest BCUT2D eigenvalue weighted by molar-refractivity contribution is 5.93. The largest absolute Gasteiger partial charge is 0.495 e. The number of furan rings is 1. The van der Waals surface area contributed by atoms with Crippen molar-refractivity contribution in [2.24, 2.45) is 0 Å². The van der Waals surface area contributed by atoms with Gasteiger partial charge < -0.3 is 28.8 Å². The van der Waals surface area contributed by atoms with Gasteiger partial charge in [0.1, 0.15) is 29.8 Å². The van der Waals surface area contributed by atoms with E-state index in [0.717, 1.165) is 22.4 Å². The summed E-state index contributed by atoms with van der Waals surface area (Å²) in [7, 11) is 3.20. The first-order chi connectivity index (χ1) is 17.6. The van der Waals surface area contributed by atoms with Crippen molar-refractivity contribution in [1.29, 1.82) is 0 Å². The van der Waals surface area contributed by atoms with E-state index in [0.29, 0.717) is 48.1 Å². The Morgan fingerprint density at radius 2 is 2.00 bits per heavy atom. The third-order valence-corrected chi connectivity index (χ3v) is 6.10. The van der Waals surface area contributed by atoms with Crippen molar-refractivity contribution in [3.05, 3.63) is 67.7 Å². The summed E-state index contributed by atoms with van der Waals surface area (Å²) < 4.78 is 23.0. The van der Waals surface area contributed by atoms with Crippen LogP contribution in [0.5, 0.6) is 17.2 Å². The highest BCUT2D eigenvalue weighted by atomic mass is 16.5. The first kappa shape index (κ1) is 23.2. The Balaban J connectivity index is 1.48. The van der Waals surface area contributed by atoms with Crippen LogP contribution in [0.3, 0.4) is 0 Å². The van der Waals surface area contributed by atoms with Gasteiger partial charge in [-0.2, -0.15) is 0 Å². The SMILES string of the molecule is C=CC(=O)N1CCC(Oc2cc3c(Nc4cc(-c5ccco5)ccc4OC)ncnc3cc2OC)C1. The van der Waals surface area contributed by atoms with Crippen LogP contribution in [0.1, 0.15) is 6.42 Å². The van der Waals surface area contributed by atoms with Gasteiger partial charge in [0.15, 0.2) is 11.5 Å². The van der Waals surface area contributed by atoms with Crippen molar-refractivity contribution in [1.82, 2.24) is 14.9 Å². The summed E-state index contributed by atoms with van der Waals surface area (Å²) in [5.41, 5.74) is 2.30. The zero-order valence-corrected chi connectivity index (χ0v) is 20.1. The molecule has 1 saturated heterocycles. The van der Waals surface area contributed by atoms with E-state index in [4.69, 9.17) is 18.6 Å². The number of rotatable bonds is 8. The van der Waals surface area contributed by atoms with Gasteiger partial charge in [0.2, 0.25) is 5.91 Å². The highest BCUT2D eigenvalue weighted by Crippen LogP contribution is 2.38. The summed E-state index contributed by atoms with van der Waals surface area (Å²) in [4.78, 5) is 22.6. The van der Waals surface area contributed by atoms with Gasteiger partial charge in [-0.25, -0.2) is 9.97 Å². The molecule has 1 N–H and O–H groups in total. The first-order valence-electron chi connectivity index (χ1n) is 11.5. The molecule has 1 amide bonds. The molecule has 2 aromatic heterocycles. The minimum atomic E-state index is -0.161. The second-order valence-electron chi connectivity index (χ2n) is 8.28. The molecule has 0 radical (unpaired) electrons. The number of hydrogen-bond acceptors (Lipinski definition) is 8. The van der Waals surface area contributed by atoms with Crippen molar-refractivity contribution in [2.45, 2.75) is 12.5 Å². The predicted molar refractivity (Wildman–Crippen MR) is 136 cm³/mol. The van der Waals surface area contributed by atoms with Crippen LogP contribution in [-0.2, 0) is 4.79 Å². The number of anilines is 2. The number of aromatic nitrogens is 2. The van der Waals surface area contributed by atoms with E-state index in [1.165, 1.54) is 12.4 Å². The Morgan fingerprint density at radius 3 is 2.75 bits per heavy atom. The van der Waals surface area contributed by atoms with Crippen LogP contribution in [0.2, 0.25) is 0 Å². The molecule has 1 aliphatic heterocycles. The number of ether oxygens (including phenoxy) is 3. The monoisotopic (exact) mass is 486 g/mol. The van der Waals surface area contributed by atoms with Crippen LogP contribution < -0.4 is 19.5 Å². The van der Waals surface area contributed by atoms with Gasteiger partial charge in [-0.05, 0) is 42.5 Å². The van der Waals surface area contributed by atoms with Gasteiger partial charge in [0, 0.05) is 30.0 Å². The number of hydrogen-bond donors (Lipinski definition) is 1. The molecule has 1 atom stereocenters. The highest BCUT2D eigenvalue weighted by Gasteiger charge is 2.27. The van der Waals surface area contributed by atoms with Crippen molar-refractivity contribution in [3.8, 4) is 28.6 Å². The molecule has 184 valence electrons. The Kier molecular flexibility index (Phi) is 6.44. The second-order valence-corrected chi connectivity index (χ2v) is 8.28. The zero-order valence-electron chi connectivity index (χ0n) is 20.1. The van der Waals surface area contributed by atoms with E-state index in [1.54, 1.807) is 25.4 Å². The molecule has 3 heterocycles. The van der Waals surface area contributed by atoms with E-state index >= 15 is 0 Å². The van der Waals surface area contributed by atoms with Crippen LogP contribution in [-0.4, -0.2) is 54.2 Å². The second kappa shape index (κ2) is 9.99. The molecule has 4 aromatic rings. The van der Waals surface area contributed by atoms with E-state index in [2.05, 4.69) is 21.9 Å². The molecule has 0 saturated carbocycles. The Bertz CT molecular complexity index is 1400. The number of methoxy groups -OCH3 is 2. The molecule has 1 aliphatic rings. The van der Waals surface area contributed by atoms with Crippen LogP contribution >= 0.6 is 0 Å². The minimum Gasteiger partial charge on any atom is -0.495 e. The summed E-state index contributed by atoms with van der Waals surface area (Å²) in [6.45, 7) is 4.67. The lowest BCUT2D eigenvalue weighted by molar-refractivity contribution is -0.125. The third-order valence-electron chi connectivity index (χ3n) is 6.10. The zero-order chi connectivity index (χ0) is 25.1. The molecule has 9 heteroatoms. The quantitative estimate of drug-likeness (QED) is 0.354. The number of carbonyl (C=O) groups is 1. The summed E-state index contributed by atoms with van der Waals surface area (Å²) >= 11 is 0. The Hall–Kier alpha value is -4.53. The van der Waals surface area contributed by atoms with Gasteiger partial charge in [0.05, 0.1) is 38.2 Å². The molecule has 1 unspecified atom stereocenters. The molecule has 2 aromatic carbocycles. The molecule has 36 heavy (non-hydrogen) atoms. The van der Waals surface area contributed by atoms with Crippen LogP contribution in [0.15, 0.2) is 72.1 Å². The summed E-state index contributed by atoms with van der Waals surface area (Å²) in [5, 5.41) is 4.12. The maximum absolute atomic E-state index is 12.0. The fourth-order valence-electron chi connectivity index (χ4n) is 4.28. The van der Waals surface area contributed by atoms with Gasteiger partial charge >= 0.3 is 0 Å². The Labute approximate surface area is 208 Å². The number of carbonyl (C=O) groups excluding carboxylic acids is 1. The fraction of sp³-hybridized carbons (Fsp3) is 0.222. The number of amides is 1. The number of fused-ring (bicyclic) bond motifs is 1. The van der Waals surface area contributed by atoms with E-state index in [1.807, 2.05) is 42.5 Å². The van der Waals surface area contributed by atoms with Crippen molar-refractivity contribution >= 4 is 28.3 Å². The number of nitrogens with zero attached hydrogens (tertiary/aromatic N) is 3. The lowest BCUT2D eigenvalue weighted by Gasteiger charge is -2.18. The molecule has 0 bridgehead atoms. The maximum atomic E-state index is 12.0. The number of nitrogens with one attached hydrogen (secondary N) is 1. The first-order valence-corrected chi connectivity index (χ1v) is 11.5. The third kappa shape index (κ3) is 4.55. The molecule has 0 aliphatic carbocycles.